The monoisotopic (exact) mass is 491 g/mol. The maximum Gasteiger partial charge on any atom is 0.267 e. The highest BCUT2D eigenvalue weighted by molar-refractivity contribution is 7.92. The van der Waals surface area contributed by atoms with Gasteiger partial charge in [-0.2, -0.15) is 0 Å². The molecule has 166 valence electrons. The van der Waals surface area contributed by atoms with E-state index in [1.54, 1.807) is 33.1 Å². The van der Waals surface area contributed by atoms with Gasteiger partial charge in [0.15, 0.2) is 0 Å². The maximum atomic E-state index is 12.8. The van der Waals surface area contributed by atoms with E-state index in [1.165, 1.54) is 35.6 Å². The van der Waals surface area contributed by atoms with Gasteiger partial charge in [-0.25, -0.2) is 13.1 Å². The van der Waals surface area contributed by atoms with E-state index in [2.05, 4.69) is 15.2 Å². The number of carbonyl (C=O) groups is 1. The average Bonchev–Trinajstić information content (AvgIpc) is 3.27. The van der Waals surface area contributed by atoms with Crippen molar-refractivity contribution in [2.45, 2.75) is 18.7 Å². The van der Waals surface area contributed by atoms with Crippen LogP contribution in [0.3, 0.4) is 0 Å². The molecular weight excluding hydrogens is 474 g/mol. The van der Waals surface area contributed by atoms with Gasteiger partial charge in [-0.15, -0.1) is 11.3 Å². The van der Waals surface area contributed by atoms with E-state index in [0.717, 1.165) is 10.1 Å². The number of amides is 1. The number of aromatic nitrogens is 1. The second-order valence-electron chi connectivity index (χ2n) is 6.91. The van der Waals surface area contributed by atoms with Gasteiger partial charge in [-0.1, -0.05) is 16.8 Å². The summed E-state index contributed by atoms with van der Waals surface area (Å²) in [5, 5.41) is 7.54. The Morgan fingerprint density at radius 2 is 1.88 bits per heavy atom. The highest BCUT2D eigenvalue weighted by atomic mass is 35.5. The standard InChI is InChI=1S/C21H18ClN3O5S2/c1-11-12(2)24-30-21(11)25-32(27,28)15-7-4-13(5-8-15)23-20(26)19-18(22)16-10-14(29-3)6-9-17(16)31-19/h4-10,25H,1-3H3,(H,23,26). The average molecular weight is 492 g/mol. The Kier molecular flexibility index (Phi) is 5.85. The van der Waals surface area contributed by atoms with Crippen LogP contribution in [0.1, 0.15) is 20.9 Å². The Hall–Kier alpha value is -3.08. The SMILES string of the molecule is COc1ccc2sc(C(=O)Nc3ccc(S(=O)(=O)Nc4onc(C)c4C)cc3)c(Cl)c2c1. The molecular formula is C21H18ClN3O5S2. The van der Waals surface area contributed by atoms with Crippen LogP contribution in [-0.4, -0.2) is 26.6 Å². The summed E-state index contributed by atoms with van der Waals surface area (Å²) in [7, 11) is -2.32. The largest absolute Gasteiger partial charge is 0.497 e. The number of nitrogens with zero attached hydrogens (tertiary/aromatic N) is 1. The lowest BCUT2D eigenvalue weighted by Crippen LogP contribution is -2.14. The predicted octanol–water partition coefficient (Wildman–Crippen LogP) is 5.22. The van der Waals surface area contributed by atoms with E-state index in [1.807, 2.05) is 6.07 Å². The molecule has 0 spiro atoms. The molecule has 0 saturated carbocycles. The van der Waals surface area contributed by atoms with E-state index < -0.39 is 15.9 Å². The minimum atomic E-state index is -3.88. The lowest BCUT2D eigenvalue weighted by Gasteiger charge is -2.08. The molecule has 0 aliphatic heterocycles. The van der Waals surface area contributed by atoms with Crippen LogP contribution in [0.2, 0.25) is 5.02 Å². The van der Waals surface area contributed by atoms with E-state index in [9.17, 15) is 13.2 Å². The molecule has 32 heavy (non-hydrogen) atoms. The van der Waals surface area contributed by atoms with E-state index in [0.29, 0.717) is 32.6 Å². The molecule has 0 aliphatic rings. The van der Waals surface area contributed by atoms with Gasteiger partial charge in [-0.3, -0.25) is 4.79 Å². The number of thiophene rings is 1. The summed E-state index contributed by atoms with van der Waals surface area (Å²) in [5.74, 6) is 0.317. The Balaban J connectivity index is 1.52. The zero-order chi connectivity index (χ0) is 23.0. The quantitative estimate of drug-likeness (QED) is 0.382. The van der Waals surface area contributed by atoms with Crippen molar-refractivity contribution in [2.75, 3.05) is 17.1 Å². The van der Waals surface area contributed by atoms with Crippen molar-refractivity contribution in [1.82, 2.24) is 5.16 Å². The molecule has 2 heterocycles. The number of anilines is 2. The van der Waals surface area contributed by atoms with E-state index >= 15 is 0 Å². The highest BCUT2D eigenvalue weighted by Crippen LogP contribution is 2.37. The van der Waals surface area contributed by atoms with Gasteiger partial charge in [-0.05, 0) is 56.3 Å². The van der Waals surface area contributed by atoms with E-state index in [4.69, 9.17) is 20.9 Å². The van der Waals surface area contributed by atoms with Crippen molar-refractivity contribution < 1.29 is 22.5 Å². The highest BCUT2D eigenvalue weighted by Gasteiger charge is 2.21. The predicted molar refractivity (Wildman–Crippen MR) is 125 cm³/mol. The van der Waals surface area contributed by atoms with Gasteiger partial charge in [0.25, 0.3) is 15.9 Å². The van der Waals surface area contributed by atoms with Gasteiger partial charge < -0.3 is 14.6 Å². The van der Waals surface area contributed by atoms with Crippen LogP contribution in [0.4, 0.5) is 11.6 Å². The number of sulfonamides is 1. The first-order chi connectivity index (χ1) is 15.2. The van der Waals surface area contributed by atoms with Crippen LogP contribution in [0, 0.1) is 13.8 Å². The molecule has 0 radical (unpaired) electrons. The number of aryl methyl sites for hydroxylation is 1. The number of carbonyl (C=O) groups excluding carboxylic acids is 1. The van der Waals surface area contributed by atoms with Crippen LogP contribution in [0.5, 0.6) is 5.75 Å². The lowest BCUT2D eigenvalue weighted by molar-refractivity contribution is 0.103. The second-order valence-corrected chi connectivity index (χ2v) is 10.0. The summed E-state index contributed by atoms with van der Waals surface area (Å²) in [5.41, 5.74) is 1.63. The first-order valence-corrected chi connectivity index (χ1v) is 12.0. The zero-order valence-electron chi connectivity index (χ0n) is 17.2. The molecule has 0 unspecified atom stereocenters. The topological polar surface area (TPSA) is 111 Å². The number of hydrogen-bond acceptors (Lipinski definition) is 7. The molecule has 2 aromatic heterocycles. The van der Waals surface area contributed by atoms with Crippen molar-refractivity contribution in [1.29, 1.82) is 0 Å². The van der Waals surface area contributed by atoms with Crippen LogP contribution < -0.4 is 14.8 Å². The smallest absolute Gasteiger partial charge is 0.267 e. The molecule has 1 amide bonds. The van der Waals surface area contributed by atoms with Gasteiger partial charge in [0.05, 0.1) is 22.7 Å². The fourth-order valence-electron chi connectivity index (χ4n) is 2.92. The summed E-state index contributed by atoms with van der Waals surface area (Å²) in [4.78, 5) is 13.1. The number of rotatable bonds is 6. The number of nitrogens with one attached hydrogen (secondary N) is 2. The summed E-state index contributed by atoms with van der Waals surface area (Å²) < 4.78 is 38.6. The van der Waals surface area contributed by atoms with Crippen molar-refractivity contribution in [3.63, 3.8) is 0 Å². The van der Waals surface area contributed by atoms with Crippen molar-refractivity contribution >= 4 is 60.5 Å². The molecule has 0 aliphatic carbocycles. The second kappa shape index (κ2) is 8.45. The zero-order valence-corrected chi connectivity index (χ0v) is 19.6. The van der Waals surface area contributed by atoms with Gasteiger partial charge in [0.2, 0.25) is 5.88 Å². The molecule has 4 aromatic rings. The molecule has 2 aromatic carbocycles. The summed E-state index contributed by atoms with van der Waals surface area (Å²) >= 11 is 7.68. The number of fused-ring (bicyclic) bond motifs is 1. The Bertz CT molecular complexity index is 1430. The first-order valence-electron chi connectivity index (χ1n) is 9.33. The van der Waals surface area contributed by atoms with Crippen molar-refractivity contribution in [3.05, 3.63) is 63.6 Å². The van der Waals surface area contributed by atoms with Crippen LogP contribution in [-0.2, 0) is 10.0 Å². The summed E-state index contributed by atoms with van der Waals surface area (Å²) in [6.07, 6.45) is 0. The van der Waals surface area contributed by atoms with Crippen molar-refractivity contribution in [2.24, 2.45) is 0 Å². The lowest BCUT2D eigenvalue weighted by atomic mass is 10.2. The fraction of sp³-hybridized carbons (Fsp3) is 0.143. The number of methoxy groups -OCH3 is 1. The Morgan fingerprint density at radius 3 is 2.50 bits per heavy atom. The molecule has 4 rings (SSSR count). The summed E-state index contributed by atoms with van der Waals surface area (Å²) in [6, 6.07) is 11.2. The van der Waals surface area contributed by atoms with Crippen LogP contribution >= 0.6 is 22.9 Å². The third-order valence-electron chi connectivity index (χ3n) is 4.85. The molecule has 11 heteroatoms. The molecule has 0 saturated heterocycles. The van der Waals surface area contributed by atoms with Crippen molar-refractivity contribution in [3.8, 4) is 5.75 Å². The maximum absolute atomic E-state index is 12.8. The molecule has 2 N–H and O–H groups in total. The molecule has 0 fully saturated rings. The molecule has 8 nitrogen and oxygen atoms in total. The first kappa shape index (κ1) is 22.1. The van der Waals surface area contributed by atoms with Crippen LogP contribution in [0.25, 0.3) is 10.1 Å². The third-order valence-corrected chi connectivity index (χ3v) is 7.87. The van der Waals surface area contributed by atoms with Gasteiger partial charge in [0.1, 0.15) is 10.6 Å². The number of halogens is 1. The number of hydrogen-bond donors (Lipinski definition) is 2. The van der Waals surface area contributed by atoms with Crippen LogP contribution in [0.15, 0.2) is 51.9 Å². The number of benzene rings is 2. The van der Waals surface area contributed by atoms with E-state index in [-0.39, 0.29) is 10.8 Å². The summed E-state index contributed by atoms with van der Waals surface area (Å²) in [6.45, 7) is 3.42. The molecule has 0 atom stereocenters. The third kappa shape index (κ3) is 4.16. The number of ether oxygens (including phenoxy) is 1. The van der Waals surface area contributed by atoms with Gasteiger partial charge in [0, 0.05) is 21.3 Å². The minimum absolute atomic E-state index is 0.0101. The minimum Gasteiger partial charge on any atom is -0.497 e. The Labute approximate surface area is 193 Å². The van der Waals surface area contributed by atoms with Gasteiger partial charge >= 0.3 is 0 Å². The normalized spacial score (nSPS) is 11.5. The fourth-order valence-corrected chi connectivity index (χ4v) is 5.35. The Morgan fingerprint density at radius 1 is 1.16 bits per heavy atom. The molecule has 0 bridgehead atoms.